The van der Waals surface area contributed by atoms with Crippen molar-refractivity contribution in [1.82, 2.24) is 9.97 Å². The van der Waals surface area contributed by atoms with Crippen LogP contribution < -0.4 is 11.1 Å². The lowest BCUT2D eigenvalue weighted by molar-refractivity contribution is 0.350. The monoisotopic (exact) mass is 336 g/mol. The number of hydrogen-bond donors (Lipinski definition) is 2. The van der Waals surface area contributed by atoms with Crippen molar-refractivity contribution in [3.05, 3.63) is 29.0 Å². The lowest BCUT2D eigenvalue weighted by Crippen LogP contribution is -2.24. The van der Waals surface area contributed by atoms with E-state index >= 15 is 0 Å². The summed E-state index contributed by atoms with van der Waals surface area (Å²) in [6.45, 7) is 6.15. The fraction of sp³-hybridized carbons (Fsp3) is 0.467. The molecule has 2 aromatic heterocycles. The summed E-state index contributed by atoms with van der Waals surface area (Å²) >= 11 is 3.42. The highest BCUT2D eigenvalue weighted by molar-refractivity contribution is 9.10. The zero-order valence-electron chi connectivity index (χ0n) is 12.0. The van der Waals surface area contributed by atoms with Gasteiger partial charge in [0.05, 0.1) is 11.2 Å². The van der Waals surface area contributed by atoms with Crippen molar-refractivity contribution in [2.75, 3.05) is 18.4 Å². The average molecular weight is 337 g/mol. The molecule has 108 valence electrons. The van der Waals surface area contributed by atoms with Gasteiger partial charge in [-0.05, 0) is 52.9 Å². The molecule has 3 N–H and O–H groups in total. The van der Waals surface area contributed by atoms with Crippen LogP contribution in [0.3, 0.4) is 0 Å². The first-order valence-corrected chi connectivity index (χ1v) is 7.65. The summed E-state index contributed by atoms with van der Waals surface area (Å²) in [5.41, 5.74) is 8.63. The number of aromatic nitrogens is 2. The van der Waals surface area contributed by atoms with Crippen LogP contribution >= 0.6 is 15.9 Å². The normalized spacial score (nSPS) is 11.8. The van der Waals surface area contributed by atoms with Crippen LogP contribution in [0.1, 0.15) is 26.7 Å². The minimum Gasteiger partial charge on any atom is -0.383 e. The molecule has 0 saturated heterocycles. The van der Waals surface area contributed by atoms with Crippen molar-refractivity contribution in [2.45, 2.75) is 26.7 Å². The Balaban J connectivity index is 2.14. The van der Waals surface area contributed by atoms with E-state index in [-0.39, 0.29) is 5.41 Å². The molecule has 0 aromatic carbocycles. The van der Waals surface area contributed by atoms with E-state index in [0.29, 0.717) is 0 Å². The van der Waals surface area contributed by atoms with E-state index in [4.69, 9.17) is 5.73 Å². The maximum Gasteiger partial charge on any atom is 0.112 e. The maximum absolute atomic E-state index is 5.59. The summed E-state index contributed by atoms with van der Waals surface area (Å²) < 4.78 is 0.943. The molecule has 2 heterocycles. The molecule has 0 atom stereocenters. The Morgan fingerprint density at radius 1 is 1.35 bits per heavy atom. The molecule has 0 amide bonds. The average Bonchev–Trinajstić information content (AvgIpc) is 2.42. The molecule has 0 saturated carbocycles. The molecule has 0 aliphatic heterocycles. The van der Waals surface area contributed by atoms with E-state index < -0.39 is 0 Å². The number of fused-ring (bicyclic) bond motifs is 1. The molecule has 0 unspecified atom stereocenters. The lowest BCUT2D eigenvalue weighted by Gasteiger charge is -2.25. The van der Waals surface area contributed by atoms with Crippen molar-refractivity contribution in [3.8, 4) is 0 Å². The van der Waals surface area contributed by atoms with Gasteiger partial charge in [0.1, 0.15) is 5.52 Å². The van der Waals surface area contributed by atoms with Gasteiger partial charge in [0.15, 0.2) is 0 Å². The number of halogens is 1. The van der Waals surface area contributed by atoms with Crippen LogP contribution in [0.2, 0.25) is 0 Å². The molecule has 2 aromatic rings. The first-order chi connectivity index (χ1) is 9.52. The van der Waals surface area contributed by atoms with Gasteiger partial charge in [-0.25, -0.2) is 0 Å². The van der Waals surface area contributed by atoms with Crippen molar-refractivity contribution in [2.24, 2.45) is 11.1 Å². The standard InChI is InChI=1S/C15H21BrN4/c1-15(2,5-3-6-17)10-20-12-4-7-18-13-8-11(16)9-19-14(12)13/h4,7-9H,3,5-6,10,17H2,1-2H3,(H,18,20). The van der Waals surface area contributed by atoms with E-state index in [0.717, 1.165) is 47.1 Å². The maximum atomic E-state index is 5.59. The predicted molar refractivity (Wildman–Crippen MR) is 87.8 cm³/mol. The Morgan fingerprint density at radius 2 is 2.15 bits per heavy atom. The van der Waals surface area contributed by atoms with Crippen LogP contribution in [0.4, 0.5) is 5.69 Å². The minimum absolute atomic E-state index is 0.213. The molecule has 4 nitrogen and oxygen atoms in total. The highest BCUT2D eigenvalue weighted by Gasteiger charge is 2.17. The summed E-state index contributed by atoms with van der Waals surface area (Å²) in [7, 11) is 0. The first kappa shape index (κ1) is 15.2. The quantitative estimate of drug-likeness (QED) is 0.846. The summed E-state index contributed by atoms with van der Waals surface area (Å²) in [4.78, 5) is 8.80. The Morgan fingerprint density at radius 3 is 2.90 bits per heavy atom. The number of nitrogens with one attached hydrogen (secondary N) is 1. The number of nitrogens with zero attached hydrogens (tertiary/aromatic N) is 2. The summed E-state index contributed by atoms with van der Waals surface area (Å²) in [5.74, 6) is 0. The molecule has 5 heteroatoms. The molecular formula is C15H21BrN4. The van der Waals surface area contributed by atoms with Gasteiger partial charge in [-0.1, -0.05) is 13.8 Å². The highest BCUT2D eigenvalue weighted by Crippen LogP contribution is 2.26. The molecule has 0 aliphatic carbocycles. The number of hydrogen-bond acceptors (Lipinski definition) is 4. The van der Waals surface area contributed by atoms with E-state index in [9.17, 15) is 0 Å². The predicted octanol–water partition coefficient (Wildman–Crippen LogP) is 3.57. The van der Waals surface area contributed by atoms with Crippen molar-refractivity contribution in [1.29, 1.82) is 0 Å². The van der Waals surface area contributed by atoms with E-state index in [1.807, 2.05) is 18.3 Å². The third-order valence-corrected chi connectivity index (χ3v) is 3.79. The molecule has 0 aliphatic rings. The van der Waals surface area contributed by atoms with E-state index in [2.05, 4.69) is 45.1 Å². The second kappa shape index (κ2) is 6.50. The zero-order chi connectivity index (χ0) is 14.6. The van der Waals surface area contributed by atoms with Gasteiger partial charge >= 0.3 is 0 Å². The van der Waals surface area contributed by atoms with Crippen LogP contribution in [-0.2, 0) is 0 Å². The first-order valence-electron chi connectivity index (χ1n) is 6.86. The Hall–Kier alpha value is -1.20. The minimum atomic E-state index is 0.213. The Labute approximate surface area is 128 Å². The van der Waals surface area contributed by atoms with Gasteiger partial charge in [-0.15, -0.1) is 0 Å². The van der Waals surface area contributed by atoms with Gasteiger partial charge in [0.2, 0.25) is 0 Å². The van der Waals surface area contributed by atoms with Crippen molar-refractivity contribution >= 4 is 32.7 Å². The Bertz CT molecular complexity index is 583. The van der Waals surface area contributed by atoms with Crippen molar-refractivity contribution in [3.63, 3.8) is 0 Å². The highest BCUT2D eigenvalue weighted by atomic mass is 79.9. The lowest BCUT2D eigenvalue weighted by atomic mass is 9.87. The third kappa shape index (κ3) is 3.90. The van der Waals surface area contributed by atoms with Gasteiger partial charge in [-0.3, -0.25) is 9.97 Å². The summed E-state index contributed by atoms with van der Waals surface area (Å²) in [6, 6.07) is 3.95. The van der Waals surface area contributed by atoms with Crippen LogP contribution in [0.25, 0.3) is 11.0 Å². The zero-order valence-corrected chi connectivity index (χ0v) is 13.6. The van der Waals surface area contributed by atoms with Gasteiger partial charge in [0, 0.05) is 23.4 Å². The number of nitrogens with two attached hydrogens (primary N) is 1. The molecular weight excluding hydrogens is 316 g/mol. The van der Waals surface area contributed by atoms with E-state index in [1.54, 1.807) is 6.20 Å². The molecule has 0 spiro atoms. The molecule has 0 fully saturated rings. The van der Waals surface area contributed by atoms with Crippen molar-refractivity contribution < 1.29 is 0 Å². The molecule has 0 radical (unpaired) electrons. The second-order valence-electron chi connectivity index (χ2n) is 5.79. The third-order valence-electron chi connectivity index (χ3n) is 3.36. The van der Waals surface area contributed by atoms with Crippen LogP contribution in [0.5, 0.6) is 0 Å². The van der Waals surface area contributed by atoms with Gasteiger partial charge in [-0.2, -0.15) is 0 Å². The summed E-state index contributed by atoms with van der Waals surface area (Å²) in [5, 5.41) is 3.50. The van der Waals surface area contributed by atoms with Crippen LogP contribution in [0.15, 0.2) is 29.0 Å². The fourth-order valence-electron chi connectivity index (χ4n) is 2.15. The molecule has 2 rings (SSSR count). The molecule has 20 heavy (non-hydrogen) atoms. The van der Waals surface area contributed by atoms with Crippen LogP contribution in [0, 0.1) is 5.41 Å². The van der Waals surface area contributed by atoms with Gasteiger partial charge < -0.3 is 11.1 Å². The number of anilines is 1. The smallest absolute Gasteiger partial charge is 0.112 e. The Kier molecular flexibility index (Phi) is 4.94. The van der Waals surface area contributed by atoms with E-state index in [1.165, 1.54) is 0 Å². The summed E-state index contributed by atoms with van der Waals surface area (Å²) in [6.07, 6.45) is 5.77. The van der Waals surface area contributed by atoms with Crippen LogP contribution in [-0.4, -0.2) is 23.1 Å². The SMILES string of the molecule is CC(C)(CCCN)CNc1ccnc2cc(Br)cnc12. The number of rotatable bonds is 6. The fourth-order valence-corrected chi connectivity index (χ4v) is 2.47. The second-order valence-corrected chi connectivity index (χ2v) is 6.71. The van der Waals surface area contributed by atoms with Gasteiger partial charge in [0.25, 0.3) is 0 Å². The number of pyridine rings is 2. The molecule has 0 bridgehead atoms. The topological polar surface area (TPSA) is 63.8 Å². The largest absolute Gasteiger partial charge is 0.383 e.